The maximum Gasteiger partial charge on any atom is 0.178 e. The van der Waals surface area contributed by atoms with Crippen molar-refractivity contribution in [2.45, 2.75) is 26.7 Å². The highest BCUT2D eigenvalue weighted by molar-refractivity contribution is 5.92. The van der Waals surface area contributed by atoms with E-state index in [0.29, 0.717) is 17.2 Å². The Bertz CT molecular complexity index is 1520. The Morgan fingerprint density at radius 3 is 3.00 bits per heavy atom. The zero-order chi connectivity index (χ0) is 22.2. The molecular formula is C25H25N7. The van der Waals surface area contributed by atoms with E-state index in [1.54, 1.807) is 6.20 Å². The first-order valence-corrected chi connectivity index (χ1v) is 10.7. The van der Waals surface area contributed by atoms with Crippen LogP contribution in [0.1, 0.15) is 37.1 Å². The number of hydrogen-bond donors (Lipinski definition) is 2. The van der Waals surface area contributed by atoms with Crippen molar-refractivity contribution in [2.24, 2.45) is 7.05 Å². The SMILES string of the molecule is C=c1c(-c2nc3nccc(C4=CCC=C4)c3[nH]2)n[nH]/c1=C/C=C(\C)c1cn(C)nc1CC. The van der Waals surface area contributed by atoms with Gasteiger partial charge in [-0.05, 0) is 43.1 Å². The number of aromatic amines is 2. The van der Waals surface area contributed by atoms with Crippen molar-refractivity contribution in [1.82, 2.24) is 34.9 Å². The number of aromatic nitrogens is 7. The molecule has 5 rings (SSSR count). The fraction of sp³-hybridized carbons (Fsp3) is 0.200. The zero-order valence-electron chi connectivity index (χ0n) is 18.5. The number of aryl methyl sites for hydroxylation is 2. The van der Waals surface area contributed by atoms with Gasteiger partial charge in [-0.15, -0.1) is 0 Å². The third kappa shape index (κ3) is 3.41. The van der Waals surface area contributed by atoms with E-state index in [4.69, 9.17) is 0 Å². The molecule has 4 heterocycles. The van der Waals surface area contributed by atoms with Crippen LogP contribution < -0.4 is 10.6 Å². The van der Waals surface area contributed by atoms with Crippen LogP contribution in [-0.2, 0) is 13.5 Å². The van der Waals surface area contributed by atoms with Crippen LogP contribution in [0.4, 0.5) is 0 Å². The predicted octanol–water partition coefficient (Wildman–Crippen LogP) is 3.28. The average Bonchev–Trinajstić information content (AvgIpc) is 3.57. The molecule has 7 nitrogen and oxygen atoms in total. The van der Waals surface area contributed by atoms with Gasteiger partial charge >= 0.3 is 0 Å². The van der Waals surface area contributed by atoms with E-state index in [1.165, 1.54) is 5.57 Å². The molecule has 0 radical (unpaired) electrons. The van der Waals surface area contributed by atoms with Crippen molar-refractivity contribution in [3.63, 3.8) is 0 Å². The van der Waals surface area contributed by atoms with Gasteiger partial charge in [-0.3, -0.25) is 9.78 Å². The number of imidazole rings is 1. The van der Waals surface area contributed by atoms with Crippen LogP contribution in [-0.4, -0.2) is 34.9 Å². The highest BCUT2D eigenvalue weighted by Crippen LogP contribution is 2.27. The van der Waals surface area contributed by atoms with Crippen LogP contribution in [0, 0.1) is 0 Å². The fourth-order valence-electron chi connectivity index (χ4n) is 4.06. The normalized spacial score (nSPS) is 14.7. The van der Waals surface area contributed by atoms with E-state index in [2.05, 4.69) is 81.2 Å². The maximum atomic E-state index is 4.68. The molecule has 4 aromatic heterocycles. The summed E-state index contributed by atoms with van der Waals surface area (Å²) in [6.45, 7) is 8.45. The van der Waals surface area contributed by atoms with Gasteiger partial charge in [-0.2, -0.15) is 10.2 Å². The molecule has 0 atom stereocenters. The molecule has 1 aliphatic rings. The second kappa shape index (κ2) is 7.92. The Labute approximate surface area is 185 Å². The summed E-state index contributed by atoms with van der Waals surface area (Å²) in [6.07, 6.45) is 16.2. The smallest absolute Gasteiger partial charge is 0.178 e. The lowest BCUT2D eigenvalue weighted by Crippen LogP contribution is -2.21. The minimum atomic E-state index is 0.657. The number of fused-ring (bicyclic) bond motifs is 1. The fourth-order valence-corrected chi connectivity index (χ4v) is 4.06. The van der Waals surface area contributed by atoms with Crippen molar-refractivity contribution in [3.05, 3.63) is 70.2 Å². The third-order valence-electron chi connectivity index (χ3n) is 5.76. The first-order chi connectivity index (χ1) is 15.5. The Hall–Kier alpha value is -4.00. The van der Waals surface area contributed by atoms with E-state index >= 15 is 0 Å². The largest absolute Gasteiger partial charge is 0.335 e. The van der Waals surface area contributed by atoms with Crippen molar-refractivity contribution in [2.75, 3.05) is 0 Å². The zero-order valence-corrected chi connectivity index (χ0v) is 18.5. The lowest BCUT2D eigenvalue weighted by molar-refractivity contribution is 0.746. The topological polar surface area (TPSA) is 88.1 Å². The highest BCUT2D eigenvalue weighted by Gasteiger charge is 2.15. The van der Waals surface area contributed by atoms with Crippen LogP contribution in [0.2, 0.25) is 0 Å². The summed E-state index contributed by atoms with van der Waals surface area (Å²) in [6, 6.07) is 2.01. The number of allylic oxidation sites excluding steroid dienone is 6. The highest BCUT2D eigenvalue weighted by atomic mass is 15.2. The minimum Gasteiger partial charge on any atom is -0.335 e. The molecule has 160 valence electrons. The van der Waals surface area contributed by atoms with Gasteiger partial charge in [0.05, 0.1) is 16.6 Å². The van der Waals surface area contributed by atoms with E-state index in [0.717, 1.165) is 51.3 Å². The van der Waals surface area contributed by atoms with Gasteiger partial charge in [0.25, 0.3) is 0 Å². The lowest BCUT2D eigenvalue weighted by Gasteiger charge is -2.00. The van der Waals surface area contributed by atoms with Crippen molar-refractivity contribution in [1.29, 1.82) is 0 Å². The van der Waals surface area contributed by atoms with E-state index < -0.39 is 0 Å². The van der Waals surface area contributed by atoms with Crippen molar-refractivity contribution < 1.29 is 0 Å². The number of rotatable bonds is 5. The molecule has 32 heavy (non-hydrogen) atoms. The first-order valence-electron chi connectivity index (χ1n) is 10.7. The summed E-state index contributed by atoms with van der Waals surface area (Å²) in [5.41, 5.74) is 7.94. The third-order valence-corrected chi connectivity index (χ3v) is 5.76. The van der Waals surface area contributed by atoms with Gasteiger partial charge in [0.15, 0.2) is 11.5 Å². The van der Waals surface area contributed by atoms with E-state index in [-0.39, 0.29) is 0 Å². The molecule has 1 aliphatic carbocycles. The number of nitrogens with zero attached hydrogens (tertiary/aromatic N) is 5. The number of hydrogen-bond acceptors (Lipinski definition) is 4. The van der Waals surface area contributed by atoms with Crippen LogP contribution >= 0.6 is 0 Å². The quantitative estimate of drug-likeness (QED) is 0.516. The van der Waals surface area contributed by atoms with Crippen molar-refractivity contribution in [3.8, 4) is 11.5 Å². The lowest BCUT2D eigenvalue weighted by atomic mass is 10.1. The summed E-state index contributed by atoms with van der Waals surface area (Å²) >= 11 is 0. The van der Waals surface area contributed by atoms with E-state index in [1.807, 2.05) is 23.9 Å². The molecule has 0 saturated carbocycles. The number of H-pyrrole nitrogens is 2. The number of pyridine rings is 1. The molecule has 0 saturated heterocycles. The predicted molar refractivity (Wildman–Crippen MR) is 129 cm³/mol. The Kier molecular flexibility index (Phi) is 4.93. The summed E-state index contributed by atoms with van der Waals surface area (Å²) in [7, 11) is 1.95. The van der Waals surface area contributed by atoms with Gasteiger partial charge in [0.2, 0.25) is 0 Å². The van der Waals surface area contributed by atoms with Crippen LogP contribution in [0.15, 0.2) is 42.8 Å². The van der Waals surface area contributed by atoms with Gasteiger partial charge in [-0.25, -0.2) is 9.97 Å². The molecule has 0 amide bonds. The molecule has 0 spiro atoms. The van der Waals surface area contributed by atoms with Crippen LogP contribution in [0.5, 0.6) is 0 Å². The molecule has 7 heteroatoms. The Morgan fingerprint density at radius 2 is 2.22 bits per heavy atom. The Balaban J connectivity index is 1.53. The molecule has 0 unspecified atom stereocenters. The van der Waals surface area contributed by atoms with Crippen LogP contribution in [0.25, 0.3) is 46.5 Å². The summed E-state index contributed by atoms with van der Waals surface area (Å²) in [5.74, 6) is 0.657. The second-order valence-electron chi connectivity index (χ2n) is 7.94. The molecule has 4 aromatic rings. The van der Waals surface area contributed by atoms with E-state index in [9.17, 15) is 0 Å². The summed E-state index contributed by atoms with van der Waals surface area (Å²) in [4.78, 5) is 12.5. The van der Waals surface area contributed by atoms with Gasteiger partial charge < -0.3 is 4.98 Å². The minimum absolute atomic E-state index is 0.657. The molecule has 0 aliphatic heterocycles. The maximum absolute atomic E-state index is 4.68. The van der Waals surface area contributed by atoms with Gasteiger partial charge in [0.1, 0.15) is 5.69 Å². The van der Waals surface area contributed by atoms with Crippen molar-refractivity contribution >= 4 is 35.0 Å². The van der Waals surface area contributed by atoms with Gasteiger partial charge in [0, 0.05) is 35.8 Å². The van der Waals surface area contributed by atoms with Gasteiger partial charge in [-0.1, -0.05) is 37.8 Å². The average molecular weight is 424 g/mol. The first kappa shape index (κ1) is 19.9. The molecule has 2 N–H and O–H groups in total. The number of nitrogens with one attached hydrogen (secondary N) is 2. The van der Waals surface area contributed by atoms with Crippen LogP contribution in [0.3, 0.4) is 0 Å². The summed E-state index contributed by atoms with van der Waals surface area (Å²) < 4.78 is 1.86. The molecule has 0 fully saturated rings. The molecule has 0 bridgehead atoms. The summed E-state index contributed by atoms with van der Waals surface area (Å²) in [5, 5.41) is 13.7. The molecule has 0 aromatic carbocycles. The standard InChI is InChI=1S/C25H25N7/c1-5-20-19(14-32(4)31-20)15(2)10-11-21-16(3)22(30-29-21)25-27-23-18(17-8-6-7-9-17)12-13-26-24(23)28-25/h6,8-14,29H,3,5,7H2,1-2,4H3,(H,26,27,28)/b15-10+,21-11+. The molecular weight excluding hydrogens is 398 g/mol. The second-order valence-corrected chi connectivity index (χ2v) is 7.94. The Morgan fingerprint density at radius 1 is 1.34 bits per heavy atom. The monoisotopic (exact) mass is 423 g/mol.